The molecule has 4 rings (SSSR count). The maximum absolute atomic E-state index is 13.3. The number of rotatable bonds is 5. The minimum absolute atomic E-state index is 0.0357. The minimum atomic E-state index is -0.451. The first-order chi connectivity index (χ1) is 16.4. The molecule has 1 saturated heterocycles. The molecule has 174 valence electrons. The summed E-state index contributed by atoms with van der Waals surface area (Å²) in [5.74, 6) is -0.870. The van der Waals surface area contributed by atoms with Crippen LogP contribution < -0.4 is 15.5 Å². The predicted molar refractivity (Wildman–Crippen MR) is 127 cm³/mol. The van der Waals surface area contributed by atoms with Gasteiger partial charge in [-0.3, -0.25) is 14.9 Å². The van der Waals surface area contributed by atoms with Gasteiger partial charge in [-0.05, 0) is 48.5 Å². The Morgan fingerprint density at radius 2 is 1.50 bits per heavy atom. The van der Waals surface area contributed by atoms with Crippen LogP contribution in [0.3, 0.4) is 0 Å². The molecule has 0 unspecified atom stereocenters. The monoisotopic (exact) mass is 463 g/mol. The standard InChI is InChI=1S/C24H22FN5O4/c25-18-4-2-6-20(16-18)26-23(31)17-3-1-5-19(15-17)27-24(32)29-13-11-28(12-14-29)21-7-9-22(10-8-21)30(33)34/h1-10,15-16H,11-14H2,(H,26,31)(H,27,32). The van der Waals surface area contributed by atoms with E-state index in [-0.39, 0.29) is 11.7 Å². The van der Waals surface area contributed by atoms with Crippen molar-refractivity contribution >= 4 is 34.7 Å². The molecule has 0 radical (unpaired) electrons. The molecular weight excluding hydrogens is 441 g/mol. The summed E-state index contributed by atoms with van der Waals surface area (Å²) in [6.45, 7) is 2.12. The lowest BCUT2D eigenvalue weighted by Crippen LogP contribution is -2.50. The third-order valence-corrected chi connectivity index (χ3v) is 5.45. The zero-order valence-corrected chi connectivity index (χ0v) is 18.1. The number of nitrogens with one attached hydrogen (secondary N) is 2. The van der Waals surface area contributed by atoms with Crippen LogP contribution in [-0.2, 0) is 0 Å². The predicted octanol–water partition coefficient (Wildman–Crippen LogP) is 4.34. The molecule has 9 nitrogen and oxygen atoms in total. The lowest BCUT2D eigenvalue weighted by molar-refractivity contribution is -0.384. The van der Waals surface area contributed by atoms with Gasteiger partial charge in [0.15, 0.2) is 0 Å². The highest BCUT2D eigenvalue weighted by atomic mass is 19.1. The summed E-state index contributed by atoms with van der Waals surface area (Å²) in [4.78, 5) is 39.3. The summed E-state index contributed by atoms with van der Waals surface area (Å²) in [7, 11) is 0. The molecule has 1 aliphatic rings. The van der Waals surface area contributed by atoms with Crippen molar-refractivity contribution in [3.63, 3.8) is 0 Å². The first kappa shape index (κ1) is 22.7. The molecule has 0 aliphatic carbocycles. The first-order valence-electron chi connectivity index (χ1n) is 10.6. The molecule has 0 saturated carbocycles. The van der Waals surface area contributed by atoms with Crippen LogP contribution in [0.25, 0.3) is 0 Å². The molecule has 0 aromatic heterocycles. The van der Waals surface area contributed by atoms with Crippen molar-refractivity contribution < 1.29 is 18.9 Å². The van der Waals surface area contributed by atoms with Gasteiger partial charge in [0.2, 0.25) is 0 Å². The summed E-state index contributed by atoms with van der Waals surface area (Å²) in [6.07, 6.45) is 0. The van der Waals surface area contributed by atoms with Crippen molar-refractivity contribution in [3.05, 3.63) is 94.3 Å². The quantitative estimate of drug-likeness (QED) is 0.432. The number of urea groups is 1. The Bertz CT molecular complexity index is 1210. The van der Waals surface area contributed by atoms with E-state index in [1.807, 2.05) is 0 Å². The maximum atomic E-state index is 13.3. The van der Waals surface area contributed by atoms with E-state index in [9.17, 15) is 24.1 Å². The molecule has 1 aliphatic heterocycles. The number of nitro groups is 1. The molecule has 3 aromatic rings. The average Bonchev–Trinajstić information content (AvgIpc) is 2.84. The SMILES string of the molecule is O=C(Nc1cccc(F)c1)c1cccc(NC(=O)N2CCN(c3ccc([N+](=O)[O-])cc3)CC2)c1. The number of non-ortho nitro benzene ring substituents is 1. The second-order valence-corrected chi connectivity index (χ2v) is 7.72. The summed E-state index contributed by atoms with van der Waals surface area (Å²) >= 11 is 0. The van der Waals surface area contributed by atoms with Gasteiger partial charge in [-0.15, -0.1) is 0 Å². The van der Waals surface area contributed by atoms with Crippen LogP contribution in [0.4, 0.5) is 31.9 Å². The number of halogens is 1. The number of carbonyl (C=O) groups is 2. The van der Waals surface area contributed by atoms with Gasteiger partial charge in [0.05, 0.1) is 4.92 Å². The Labute approximate surface area is 194 Å². The molecule has 0 spiro atoms. The normalized spacial score (nSPS) is 13.3. The zero-order valence-electron chi connectivity index (χ0n) is 18.1. The van der Waals surface area contributed by atoms with Gasteiger partial charge in [0.1, 0.15) is 5.82 Å². The fourth-order valence-electron chi connectivity index (χ4n) is 3.66. The Hall–Kier alpha value is -4.47. The van der Waals surface area contributed by atoms with E-state index in [2.05, 4.69) is 15.5 Å². The van der Waals surface area contributed by atoms with Crippen molar-refractivity contribution in [1.82, 2.24) is 4.90 Å². The van der Waals surface area contributed by atoms with Crippen molar-refractivity contribution in [2.75, 3.05) is 41.7 Å². The molecule has 3 aromatic carbocycles. The maximum Gasteiger partial charge on any atom is 0.321 e. The van der Waals surface area contributed by atoms with Gasteiger partial charge in [-0.25, -0.2) is 9.18 Å². The number of benzene rings is 3. The second kappa shape index (κ2) is 9.99. The topological polar surface area (TPSA) is 108 Å². The third-order valence-electron chi connectivity index (χ3n) is 5.45. The highest BCUT2D eigenvalue weighted by molar-refractivity contribution is 6.05. The van der Waals surface area contributed by atoms with E-state index < -0.39 is 16.6 Å². The van der Waals surface area contributed by atoms with Gasteiger partial charge in [0, 0.05) is 60.9 Å². The van der Waals surface area contributed by atoms with Crippen LogP contribution in [0.15, 0.2) is 72.8 Å². The number of nitro benzene ring substituents is 1. The van der Waals surface area contributed by atoms with E-state index in [1.165, 1.54) is 30.3 Å². The molecule has 10 heteroatoms. The number of piperazine rings is 1. The number of carbonyl (C=O) groups excluding carboxylic acids is 2. The first-order valence-corrected chi connectivity index (χ1v) is 10.6. The van der Waals surface area contributed by atoms with Crippen LogP contribution in [0.5, 0.6) is 0 Å². The number of hydrogen-bond acceptors (Lipinski definition) is 5. The highest BCUT2D eigenvalue weighted by Gasteiger charge is 2.22. The van der Waals surface area contributed by atoms with Crippen LogP contribution in [0.1, 0.15) is 10.4 Å². The van der Waals surface area contributed by atoms with Gasteiger partial charge >= 0.3 is 6.03 Å². The summed E-state index contributed by atoms with van der Waals surface area (Å²) in [6, 6.07) is 18.1. The third kappa shape index (κ3) is 5.47. The number of amides is 3. The minimum Gasteiger partial charge on any atom is -0.368 e. The largest absolute Gasteiger partial charge is 0.368 e. The van der Waals surface area contributed by atoms with Crippen molar-refractivity contribution in [3.8, 4) is 0 Å². The summed E-state index contributed by atoms with van der Waals surface area (Å²) < 4.78 is 13.3. The second-order valence-electron chi connectivity index (χ2n) is 7.72. The fraction of sp³-hybridized carbons (Fsp3) is 0.167. The molecular formula is C24H22FN5O4. The summed E-state index contributed by atoms with van der Waals surface area (Å²) in [5.41, 5.74) is 2.03. The molecule has 1 fully saturated rings. The van der Waals surface area contributed by atoms with E-state index in [1.54, 1.807) is 47.4 Å². The smallest absolute Gasteiger partial charge is 0.321 e. The Morgan fingerprint density at radius 1 is 0.853 bits per heavy atom. The zero-order chi connectivity index (χ0) is 24.1. The van der Waals surface area contributed by atoms with Crippen LogP contribution in [0.2, 0.25) is 0 Å². The Kier molecular flexibility index (Phi) is 6.67. The van der Waals surface area contributed by atoms with Crippen LogP contribution in [0, 0.1) is 15.9 Å². The number of anilines is 3. The highest BCUT2D eigenvalue weighted by Crippen LogP contribution is 2.21. The van der Waals surface area contributed by atoms with Gasteiger partial charge in [-0.1, -0.05) is 12.1 Å². The lowest BCUT2D eigenvalue weighted by Gasteiger charge is -2.36. The van der Waals surface area contributed by atoms with Crippen molar-refractivity contribution in [2.45, 2.75) is 0 Å². The van der Waals surface area contributed by atoms with Gasteiger partial charge in [0.25, 0.3) is 11.6 Å². The lowest BCUT2D eigenvalue weighted by atomic mass is 10.2. The molecule has 0 atom stereocenters. The number of nitrogens with zero attached hydrogens (tertiary/aromatic N) is 3. The van der Waals surface area contributed by atoms with Crippen molar-refractivity contribution in [2.24, 2.45) is 0 Å². The Morgan fingerprint density at radius 3 is 2.15 bits per heavy atom. The molecule has 1 heterocycles. The van der Waals surface area contributed by atoms with E-state index in [0.29, 0.717) is 43.1 Å². The molecule has 34 heavy (non-hydrogen) atoms. The van der Waals surface area contributed by atoms with Gasteiger partial charge < -0.3 is 20.4 Å². The molecule has 0 bridgehead atoms. The van der Waals surface area contributed by atoms with E-state index in [0.717, 1.165) is 5.69 Å². The fourth-order valence-corrected chi connectivity index (χ4v) is 3.66. The van der Waals surface area contributed by atoms with Gasteiger partial charge in [-0.2, -0.15) is 0 Å². The van der Waals surface area contributed by atoms with Crippen molar-refractivity contribution in [1.29, 1.82) is 0 Å². The van der Waals surface area contributed by atoms with E-state index in [4.69, 9.17) is 0 Å². The molecule has 2 N–H and O–H groups in total. The Balaban J connectivity index is 1.32. The summed E-state index contributed by atoms with van der Waals surface area (Å²) in [5, 5.41) is 16.3. The van der Waals surface area contributed by atoms with Crippen LogP contribution in [-0.4, -0.2) is 47.9 Å². The van der Waals surface area contributed by atoms with E-state index >= 15 is 0 Å². The van der Waals surface area contributed by atoms with Crippen LogP contribution >= 0.6 is 0 Å². The molecule has 3 amide bonds. The number of hydrogen-bond donors (Lipinski definition) is 2. The average molecular weight is 463 g/mol.